The molecule has 0 N–H and O–H groups in total. The average molecular weight is 262 g/mol. The monoisotopic (exact) mass is 262 g/mol. The molecule has 2 saturated heterocycles. The zero-order chi connectivity index (χ0) is 13.3. The van der Waals surface area contributed by atoms with Crippen molar-refractivity contribution in [1.29, 1.82) is 0 Å². The second-order valence-electron chi connectivity index (χ2n) is 9.02. The smallest absolute Gasteiger partial charge is 0.0655 e. The number of ether oxygens (including phenoxy) is 1. The van der Waals surface area contributed by atoms with E-state index >= 15 is 0 Å². The standard InChI is InChI=1S/C18H30O/c1-16(2)14-6-5-13(11-14)15(16)18-8-4-7-17(3,9-10-18)19-12-18/h13-15H,4-12H2,1-3H3. The highest BCUT2D eigenvalue weighted by molar-refractivity contribution is 5.10. The van der Waals surface area contributed by atoms with Gasteiger partial charge in [-0.3, -0.25) is 0 Å². The second-order valence-corrected chi connectivity index (χ2v) is 9.02. The summed E-state index contributed by atoms with van der Waals surface area (Å²) in [5.41, 5.74) is 1.34. The highest BCUT2D eigenvalue weighted by Gasteiger charge is 2.61. The molecule has 0 aromatic rings. The van der Waals surface area contributed by atoms with E-state index < -0.39 is 0 Å². The fraction of sp³-hybridized carbons (Fsp3) is 1.00. The summed E-state index contributed by atoms with van der Waals surface area (Å²) in [6.07, 6.45) is 11.4. The Bertz CT molecular complexity index is 375. The second kappa shape index (κ2) is 3.78. The molecular weight excluding hydrogens is 232 g/mol. The maximum atomic E-state index is 6.41. The van der Waals surface area contributed by atoms with E-state index in [9.17, 15) is 0 Å². The van der Waals surface area contributed by atoms with Crippen LogP contribution in [0, 0.1) is 28.6 Å². The molecule has 2 heterocycles. The Balaban J connectivity index is 1.68. The van der Waals surface area contributed by atoms with Crippen LogP contribution in [0.4, 0.5) is 0 Å². The Morgan fingerprint density at radius 3 is 2.42 bits per heavy atom. The van der Waals surface area contributed by atoms with Crippen LogP contribution in [0.1, 0.15) is 72.1 Å². The van der Waals surface area contributed by atoms with Crippen LogP contribution in [0.3, 0.4) is 0 Å². The normalized spacial score (nSPS) is 55.4. The van der Waals surface area contributed by atoms with Crippen LogP contribution in [-0.2, 0) is 4.74 Å². The van der Waals surface area contributed by atoms with Gasteiger partial charge in [0.25, 0.3) is 0 Å². The number of hydrogen-bond donors (Lipinski definition) is 0. The van der Waals surface area contributed by atoms with Crippen LogP contribution in [0.5, 0.6) is 0 Å². The third-order valence-electron chi connectivity index (χ3n) is 7.70. The molecule has 0 aromatic heterocycles. The van der Waals surface area contributed by atoms with Crippen molar-refractivity contribution in [2.24, 2.45) is 28.6 Å². The number of fused-ring (bicyclic) bond motifs is 6. The van der Waals surface area contributed by atoms with E-state index in [1.165, 1.54) is 51.4 Å². The highest BCUT2D eigenvalue weighted by Crippen LogP contribution is 2.67. The van der Waals surface area contributed by atoms with Crippen LogP contribution >= 0.6 is 0 Å². The van der Waals surface area contributed by atoms with Crippen LogP contribution in [-0.4, -0.2) is 12.2 Å². The molecule has 5 fully saturated rings. The first-order valence-electron chi connectivity index (χ1n) is 8.59. The third kappa shape index (κ3) is 1.63. The minimum atomic E-state index is 0.224. The predicted octanol–water partition coefficient (Wildman–Crippen LogP) is 4.80. The molecule has 3 saturated carbocycles. The zero-order valence-corrected chi connectivity index (χ0v) is 13.0. The van der Waals surface area contributed by atoms with Gasteiger partial charge in [0, 0.05) is 0 Å². The minimum Gasteiger partial charge on any atom is -0.375 e. The van der Waals surface area contributed by atoms with Crippen molar-refractivity contribution in [3.05, 3.63) is 0 Å². The molecule has 0 aromatic carbocycles. The maximum absolute atomic E-state index is 6.41. The molecule has 5 aliphatic rings. The lowest BCUT2D eigenvalue weighted by Gasteiger charge is -2.53. The van der Waals surface area contributed by atoms with Gasteiger partial charge >= 0.3 is 0 Å². The summed E-state index contributed by atoms with van der Waals surface area (Å²) in [7, 11) is 0. The van der Waals surface area contributed by atoms with Crippen LogP contribution in [0.2, 0.25) is 0 Å². The van der Waals surface area contributed by atoms with Gasteiger partial charge < -0.3 is 4.74 Å². The SMILES string of the molecule is CC12CCCC(C3C4CCC(C4)C3(C)C)(CC1)CO2. The van der Waals surface area contributed by atoms with Gasteiger partial charge in [-0.2, -0.15) is 0 Å². The molecular formula is C18H30O. The minimum absolute atomic E-state index is 0.224. The van der Waals surface area contributed by atoms with Crippen molar-refractivity contribution in [3.8, 4) is 0 Å². The molecule has 5 rings (SSSR count). The van der Waals surface area contributed by atoms with E-state index in [2.05, 4.69) is 20.8 Å². The molecule has 3 aliphatic carbocycles. The summed E-state index contributed by atoms with van der Waals surface area (Å²) < 4.78 is 6.41. The Morgan fingerprint density at radius 1 is 0.947 bits per heavy atom. The van der Waals surface area contributed by atoms with Crippen LogP contribution in [0.15, 0.2) is 0 Å². The lowest BCUT2D eigenvalue weighted by molar-refractivity contribution is -0.150. The van der Waals surface area contributed by atoms with E-state index in [4.69, 9.17) is 4.74 Å². The summed E-state index contributed by atoms with van der Waals surface area (Å²) in [4.78, 5) is 0. The molecule has 2 aliphatic heterocycles. The van der Waals surface area contributed by atoms with Gasteiger partial charge in [-0.15, -0.1) is 0 Å². The molecule has 5 atom stereocenters. The van der Waals surface area contributed by atoms with Crippen LogP contribution < -0.4 is 0 Å². The van der Waals surface area contributed by atoms with Gasteiger partial charge in [-0.25, -0.2) is 0 Å². The Hall–Kier alpha value is -0.0400. The van der Waals surface area contributed by atoms with Crippen molar-refractivity contribution in [2.45, 2.75) is 77.7 Å². The molecule has 4 bridgehead atoms. The number of hydrogen-bond acceptors (Lipinski definition) is 1. The molecule has 19 heavy (non-hydrogen) atoms. The topological polar surface area (TPSA) is 9.23 Å². The van der Waals surface area contributed by atoms with Gasteiger partial charge in [-0.1, -0.05) is 13.8 Å². The highest BCUT2D eigenvalue weighted by atomic mass is 16.5. The van der Waals surface area contributed by atoms with Crippen molar-refractivity contribution < 1.29 is 4.74 Å². The zero-order valence-electron chi connectivity index (χ0n) is 13.0. The molecule has 0 amide bonds. The quantitative estimate of drug-likeness (QED) is 0.659. The lowest BCUT2D eigenvalue weighted by atomic mass is 9.55. The fourth-order valence-electron chi connectivity index (χ4n) is 6.73. The van der Waals surface area contributed by atoms with Crippen molar-refractivity contribution >= 4 is 0 Å². The Labute approximate surface area is 118 Å². The van der Waals surface area contributed by atoms with E-state index in [0.717, 1.165) is 24.4 Å². The van der Waals surface area contributed by atoms with E-state index in [-0.39, 0.29) is 5.60 Å². The summed E-state index contributed by atoms with van der Waals surface area (Å²) in [5, 5.41) is 0. The molecule has 1 heteroatoms. The molecule has 0 radical (unpaired) electrons. The van der Waals surface area contributed by atoms with Crippen LogP contribution in [0.25, 0.3) is 0 Å². The van der Waals surface area contributed by atoms with Gasteiger partial charge in [0.05, 0.1) is 12.2 Å². The summed E-state index contributed by atoms with van der Waals surface area (Å²) in [6.45, 7) is 8.58. The van der Waals surface area contributed by atoms with Gasteiger partial charge in [0.15, 0.2) is 0 Å². The first kappa shape index (κ1) is 12.7. The largest absolute Gasteiger partial charge is 0.375 e. The van der Waals surface area contributed by atoms with E-state index in [1.54, 1.807) is 0 Å². The Kier molecular flexibility index (Phi) is 2.52. The molecule has 108 valence electrons. The molecule has 5 unspecified atom stereocenters. The van der Waals surface area contributed by atoms with Gasteiger partial charge in [0.2, 0.25) is 0 Å². The maximum Gasteiger partial charge on any atom is 0.0655 e. The first-order valence-corrected chi connectivity index (χ1v) is 8.59. The predicted molar refractivity (Wildman–Crippen MR) is 78.0 cm³/mol. The van der Waals surface area contributed by atoms with E-state index in [0.29, 0.717) is 10.8 Å². The van der Waals surface area contributed by atoms with Crippen molar-refractivity contribution in [1.82, 2.24) is 0 Å². The average Bonchev–Trinajstić information content (AvgIpc) is 2.81. The first-order chi connectivity index (χ1) is 8.95. The molecule has 0 spiro atoms. The lowest BCUT2D eigenvalue weighted by Crippen LogP contribution is -2.49. The van der Waals surface area contributed by atoms with Gasteiger partial charge in [0.1, 0.15) is 0 Å². The third-order valence-corrected chi connectivity index (χ3v) is 7.70. The Morgan fingerprint density at radius 2 is 1.79 bits per heavy atom. The fourth-order valence-corrected chi connectivity index (χ4v) is 6.73. The summed E-state index contributed by atoms with van der Waals surface area (Å²) >= 11 is 0. The summed E-state index contributed by atoms with van der Waals surface area (Å²) in [6, 6.07) is 0. The summed E-state index contributed by atoms with van der Waals surface area (Å²) in [5.74, 6) is 2.97. The van der Waals surface area contributed by atoms with Crippen molar-refractivity contribution in [3.63, 3.8) is 0 Å². The molecule has 1 nitrogen and oxygen atoms in total. The van der Waals surface area contributed by atoms with Gasteiger partial charge in [-0.05, 0) is 86.9 Å². The van der Waals surface area contributed by atoms with Crippen molar-refractivity contribution in [2.75, 3.05) is 6.61 Å². The number of rotatable bonds is 1. The van der Waals surface area contributed by atoms with E-state index in [1.807, 2.05) is 0 Å².